The van der Waals surface area contributed by atoms with Crippen LogP contribution in [0.3, 0.4) is 0 Å². The van der Waals surface area contributed by atoms with Crippen LogP contribution in [-0.2, 0) is 22.4 Å². The maximum absolute atomic E-state index is 13.1. The molecule has 32 heavy (non-hydrogen) atoms. The number of rotatable bonds is 8. The fraction of sp³-hybridized carbons (Fsp3) is 0.364. The molecular weight excluding hydrogens is 446 g/mol. The summed E-state index contributed by atoms with van der Waals surface area (Å²) in [6.07, 6.45) is 4.47. The zero-order chi connectivity index (χ0) is 22.7. The Labute approximate surface area is 194 Å². The maximum Gasteiger partial charge on any atom is 0.237 e. The molecule has 0 spiro atoms. The summed E-state index contributed by atoms with van der Waals surface area (Å²) >= 11 is 2.90. The van der Waals surface area contributed by atoms with Gasteiger partial charge in [-0.15, -0.1) is 11.3 Å². The average Bonchev–Trinajstić information content (AvgIpc) is 3.17. The molecule has 4 rings (SSSR count). The first-order valence-electron chi connectivity index (χ1n) is 10.4. The summed E-state index contributed by atoms with van der Waals surface area (Å²) < 4.78 is 5.39. The van der Waals surface area contributed by atoms with Crippen molar-refractivity contribution >= 4 is 56.6 Å². The summed E-state index contributed by atoms with van der Waals surface area (Å²) in [5.41, 5.74) is 13.5. The highest BCUT2D eigenvalue weighted by atomic mass is 32.2. The first-order valence-corrected chi connectivity index (χ1v) is 12.2. The van der Waals surface area contributed by atoms with Gasteiger partial charge in [-0.05, 0) is 43.4 Å². The van der Waals surface area contributed by atoms with Crippen molar-refractivity contribution in [2.24, 2.45) is 5.73 Å². The lowest BCUT2D eigenvalue weighted by Crippen LogP contribution is -2.35. The molecule has 0 saturated carbocycles. The van der Waals surface area contributed by atoms with E-state index in [2.05, 4.69) is 9.97 Å². The number of carbonyl (C=O) groups is 2. The number of thioether (sulfide) groups is 1. The van der Waals surface area contributed by atoms with Crippen LogP contribution < -0.4 is 21.1 Å². The van der Waals surface area contributed by atoms with Gasteiger partial charge in [0.1, 0.15) is 16.4 Å². The largest absolute Gasteiger partial charge is 0.495 e. The highest BCUT2D eigenvalue weighted by Crippen LogP contribution is 2.38. The van der Waals surface area contributed by atoms with Gasteiger partial charge in [-0.3, -0.25) is 9.59 Å². The van der Waals surface area contributed by atoms with E-state index in [1.807, 2.05) is 12.1 Å². The number of nitrogen functional groups attached to an aromatic ring is 1. The number of nitrogens with two attached hydrogens (primary N) is 2. The standard InChI is InChI=1S/C22H25N5O3S2/c1-30-15-8-4-3-7-14(15)27(11-10-17(23)28)18(29)12-31-22-25-20(24)19-13-6-2-5-9-16(13)32-21(19)26-22/h3-4,7-8H,2,5-6,9-12H2,1H3,(H2,23,28)(H2,24,25,26). The second kappa shape index (κ2) is 9.74. The number of primary amides is 1. The molecule has 2 heterocycles. The normalized spacial score (nSPS) is 13.0. The van der Waals surface area contributed by atoms with Crippen LogP contribution in [0.4, 0.5) is 11.5 Å². The van der Waals surface area contributed by atoms with E-state index in [1.54, 1.807) is 23.5 Å². The molecule has 2 amide bonds. The fourth-order valence-electron chi connectivity index (χ4n) is 3.89. The van der Waals surface area contributed by atoms with E-state index in [9.17, 15) is 9.59 Å². The van der Waals surface area contributed by atoms with Crippen LogP contribution in [0, 0.1) is 0 Å². The Bertz CT molecular complexity index is 1160. The molecular formula is C22H25N5O3S2. The number of aryl methyl sites for hydroxylation is 2. The predicted octanol–water partition coefficient (Wildman–Crippen LogP) is 3.16. The van der Waals surface area contributed by atoms with E-state index in [0.29, 0.717) is 22.4 Å². The van der Waals surface area contributed by atoms with E-state index in [1.165, 1.54) is 40.6 Å². The molecule has 0 bridgehead atoms. The van der Waals surface area contributed by atoms with Crippen molar-refractivity contribution in [3.05, 3.63) is 34.7 Å². The van der Waals surface area contributed by atoms with E-state index in [4.69, 9.17) is 16.2 Å². The Kier molecular flexibility index (Phi) is 6.80. The molecule has 1 aliphatic rings. The number of benzene rings is 1. The number of nitrogens with zero attached hydrogens (tertiary/aromatic N) is 3. The minimum Gasteiger partial charge on any atom is -0.495 e. The number of aromatic nitrogens is 2. The van der Waals surface area contributed by atoms with Crippen molar-refractivity contribution in [2.45, 2.75) is 37.3 Å². The summed E-state index contributed by atoms with van der Waals surface area (Å²) in [5, 5.41) is 1.44. The number of methoxy groups -OCH3 is 1. The van der Waals surface area contributed by atoms with Crippen molar-refractivity contribution in [2.75, 3.05) is 30.0 Å². The third-order valence-electron chi connectivity index (χ3n) is 5.41. The molecule has 10 heteroatoms. The first-order chi connectivity index (χ1) is 15.5. The van der Waals surface area contributed by atoms with Gasteiger partial charge in [0, 0.05) is 17.8 Å². The van der Waals surface area contributed by atoms with Crippen LogP contribution in [0.25, 0.3) is 10.2 Å². The van der Waals surface area contributed by atoms with Crippen molar-refractivity contribution in [1.82, 2.24) is 9.97 Å². The van der Waals surface area contributed by atoms with Gasteiger partial charge in [-0.25, -0.2) is 9.97 Å². The summed E-state index contributed by atoms with van der Waals surface area (Å²) in [7, 11) is 1.54. The zero-order valence-corrected chi connectivity index (χ0v) is 19.4. The predicted molar refractivity (Wildman–Crippen MR) is 128 cm³/mol. The van der Waals surface area contributed by atoms with Gasteiger partial charge >= 0.3 is 0 Å². The Hall–Kier alpha value is -2.85. The number of hydrogen-bond acceptors (Lipinski definition) is 8. The topological polar surface area (TPSA) is 124 Å². The number of ether oxygens (including phenoxy) is 1. The number of thiophene rings is 1. The van der Waals surface area contributed by atoms with Gasteiger partial charge in [-0.1, -0.05) is 23.9 Å². The van der Waals surface area contributed by atoms with Gasteiger partial charge in [0.25, 0.3) is 0 Å². The summed E-state index contributed by atoms with van der Waals surface area (Å²) in [6.45, 7) is 0.161. The minimum absolute atomic E-state index is 0.0462. The van der Waals surface area contributed by atoms with E-state index < -0.39 is 5.91 Å². The Morgan fingerprint density at radius 1 is 1.22 bits per heavy atom. The van der Waals surface area contributed by atoms with Crippen LogP contribution >= 0.6 is 23.1 Å². The monoisotopic (exact) mass is 471 g/mol. The van der Waals surface area contributed by atoms with Crippen molar-refractivity contribution in [3.63, 3.8) is 0 Å². The summed E-state index contributed by atoms with van der Waals surface area (Å²) in [4.78, 5) is 37.4. The highest BCUT2D eigenvalue weighted by molar-refractivity contribution is 7.99. The van der Waals surface area contributed by atoms with Crippen molar-refractivity contribution in [1.29, 1.82) is 0 Å². The maximum atomic E-state index is 13.1. The van der Waals surface area contributed by atoms with Gasteiger partial charge in [0.15, 0.2) is 5.16 Å². The fourth-order valence-corrected chi connectivity index (χ4v) is 5.94. The molecule has 2 aromatic heterocycles. The number of hydrogen-bond donors (Lipinski definition) is 2. The van der Waals surface area contributed by atoms with E-state index in [-0.39, 0.29) is 24.6 Å². The number of amides is 2. The molecule has 0 saturated heterocycles. The molecule has 0 aliphatic heterocycles. The van der Waals surface area contributed by atoms with Gasteiger partial charge in [0.2, 0.25) is 11.8 Å². The van der Waals surface area contributed by atoms with Gasteiger partial charge < -0.3 is 21.1 Å². The second-order valence-electron chi connectivity index (χ2n) is 7.50. The van der Waals surface area contributed by atoms with Crippen molar-refractivity contribution in [3.8, 4) is 5.75 Å². The number of fused-ring (bicyclic) bond motifs is 3. The lowest BCUT2D eigenvalue weighted by Gasteiger charge is -2.24. The van der Waals surface area contributed by atoms with Crippen LogP contribution in [0.2, 0.25) is 0 Å². The molecule has 168 valence electrons. The Balaban J connectivity index is 1.54. The Morgan fingerprint density at radius 3 is 2.78 bits per heavy atom. The van der Waals surface area contributed by atoms with Crippen molar-refractivity contribution < 1.29 is 14.3 Å². The van der Waals surface area contributed by atoms with Crippen LogP contribution in [0.5, 0.6) is 5.75 Å². The minimum atomic E-state index is -0.478. The molecule has 4 N–H and O–H groups in total. The number of anilines is 2. The summed E-state index contributed by atoms with van der Waals surface area (Å²) in [5.74, 6) is 0.426. The zero-order valence-electron chi connectivity index (χ0n) is 17.8. The first kappa shape index (κ1) is 22.3. The van der Waals surface area contributed by atoms with Crippen LogP contribution in [0.1, 0.15) is 29.7 Å². The number of para-hydroxylation sites is 2. The van der Waals surface area contributed by atoms with Gasteiger partial charge in [-0.2, -0.15) is 0 Å². The molecule has 1 aliphatic carbocycles. The molecule has 1 aromatic carbocycles. The molecule has 0 radical (unpaired) electrons. The van der Waals surface area contributed by atoms with Crippen LogP contribution in [-0.4, -0.2) is 41.2 Å². The van der Waals surface area contributed by atoms with E-state index >= 15 is 0 Å². The van der Waals surface area contributed by atoms with Crippen LogP contribution in [0.15, 0.2) is 29.4 Å². The average molecular weight is 472 g/mol. The third-order valence-corrected chi connectivity index (χ3v) is 7.42. The van der Waals surface area contributed by atoms with Gasteiger partial charge in [0.05, 0.1) is 23.9 Å². The quantitative estimate of drug-likeness (QED) is 0.382. The molecule has 0 unspecified atom stereocenters. The molecule has 0 fully saturated rings. The molecule has 0 atom stereocenters. The lowest BCUT2D eigenvalue weighted by atomic mass is 9.97. The Morgan fingerprint density at radius 2 is 2.00 bits per heavy atom. The smallest absolute Gasteiger partial charge is 0.237 e. The molecule has 8 nitrogen and oxygen atoms in total. The highest BCUT2D eigenvalue weighted by Gasteiger charge is 2.23. The number of carbonyl (C=O) groups excluding carboxylic acids is 2. The van der Waals surface area contributed by atoms with E-state index in [0.717, 1.165) is 29.5 Å². The third kappa shape index (κ3) is 4.66. The molecule has 3 aromatic rings. The SMILES string of the molecule is COc1ccccc1N(CCC(N)=O)C(=O)CSc1nc(N)c2c3c(sc2n1)CCCC3. The lowest BCUT2D eigenvalue weighted by molar-refractivity contribution is -0.118. The second-order valence-corrected chi connectivity index (χ2v) is 9.53. The summed E-state index contributed by atoms with van der Waals surface area (Å²) in [6, 6.07) is 7.18.